The van der Waals surface area contributed by atoms with E-state index in [4.69, 9.17) is 0 Å². The van der Waals surface area contributed by atoms with Gasteiger partial charge in [0.15, 0.2) is 0 Å². The minimum atomic E-state index is -4.98. The zero-order valence-electron chi connectivity index (χ0n) is 13.2. The molecule has 1 spiro atoms. The molecule has 1 saturated carbocycles. The summed E-state index contributed by atoms with van der Waals surface area (Å²) in [6.45, 7) is 6.12. The van der Waals surface area contributed by atoms with Crippen LogP contribution in [0.25, 0.3) is 0 Å². The molecule has 1 atom stereocenters. The van der Waals surface area contributed by atoms with Gasteiger partial charge < -0.3 is 10.2 Å². The van der Waals surface area contributed by atoms with Gasteiger partial charge in [0.2, 0.25) is 5.91 Å². The van der Waals surface area contributed by atoms with Gasteiger partial charge in [-0.15, -0.1) is 0 Å². The van der Waals surface area contributed by atoms with Crippen molar-refractivity contribution < 1.29 is 22.8 Å². The number of nitrogens with one attached hydrogen (secondary N) is 1. The van der Waals surface area contributed by atoms with Gasteiger partial charge in [0, 0.05) is 13.1 Å². The van der Waals surface area contributed by atoms with Crippen LogP contribution < -0.4 is 5.32 Å². The zero-order chi connectivity index (χ0) is 16.8. The maximum atomic E-state index is 12.6. The topological polar surface area (TPSA) is 49.4 Å². The van der Waals surface area contributed by atoms with Crippen LogP contribution in [-0.2, 0) is 9.59 Å². The van der Waals surface area contributed by atoms with Crippen LogP contribution in [-0.4, -0.2) is 42.0 Å². The Bertz CT molecular complexity index is 464. The van der Waals surface area contributed by atoms with Crippen molar-refractivity contribution in [1.29, 1.82) is 0 Å². The van der Waals surface area contributed by atoms with E-state index in [9.17, 15) is 22.8 Å². The zero-order valence-corrected chi connectivity index (χ0v) is 13.2. The minimum Gasteiger partial charge on any atom is -0.340 e. The fraction of sp³-hybridized carbons (Fsp3) is 0.867. The second-order valence-electron chi connectivity index (χ2n) is 7.63. The van der Waals surface area contributed by atoms with Crippen LogP contribution in [0.1, 0.15) is 46.5 Å². The number of carbonyl (C=O) groups is 2. The predicted octanol–water partition coefficient (Wildman–Crippen LogP) is 2.48. The number of nitrogens with zero attached hydrogens (tertiary/aromatic N) is 1. The smallest absolute Gasteiger partial charge is 0.340 e. The molecule has 2 aliphatic rings. The largest absolute Gasteiger partial charge is 0.471 e. The number of hydrogen-bond acceptors (Lipinski definition) is 2. The van der Waals surface area contributed by atoms with Crippen LogP contribution in [0.15, 0.2) is 0 Å². The van der Waals surface area contributed by atoms with E-state index in [0.717, 1.165) is 25.7 Å². The summed E-state index contributed by atoms with van der Waals surface area (Å²) in [5, 5.41) is 1.88. The van der Waals surface area contributed by atoms with E-state index < -0.39 is 29.4 Å². The van der Waals surface area contributed by atoms with E-state index in [1.165, 1.54) is 0 Å². The molecule has 1 heterocycles. The number of hydrogen-bond donors (Lipinski definition) is 1. The molecular formula is C15H23F3N2O2. The third kappa shape index (κ3) is 3.38. The predicted molar refractivity (Wildman–Crippen MR) is 74.9 cm³/mol. The molecule has 7 heteroatoms. The van der Waals surface area contributed by atoms with Crippen molar-refractivity contribution >= 4 is 11.8 Å². The highest BCUT2D eigenvalue weighted by molar-refractivity contribution is 5.90. The second-order valence-corrected chi connectivity index (χ2v) is 7.63. The molecule has 1 N–H and O–H groups in total. The first-order valence-electron chi connectivity index (χ1n) is 7.61. The van der Waals surface area contributed by atoms with Crippen molar-refractivity contribution in [3.8, 4) is 0 Å². The summed E-state index contributed by atoms with van der Waals surface area (Å²) in [6.07, 6.45) is -0.778. The van der Waals surface area contributed by atoms with Crippen molar-refractivity contribution in [2.45, 2.75) is 58.7 Å². The van der Waals surface area contributed by atoms with Gasteiger partial charge in [0.05, 0.1) is 0 Å². The van der Waals surface area contributed by atoms with Crippen molar-refractivity contribution in [2.24, 2.45) is 10.8 Å². The van der Waals surface area contributed by atoms with Crippen molar-refractivity contribution in [3.63, 3.8) is 0 Å². The first kappa shape index (κ1) is 17.1. The third-order valence-corrected chi connectivity index (χ3v) is 4.81. The molecule has 22 heavy (non-hydrogen) atoms. The average Bonchev–Trinajstić information content (AvgIpc) is 2.77. The highest BCUT2D eigenvalue weighted by Crippen LogP contribution is 2.48. The molecule has 1 aliphatic heterocycles. The molecule has 0 aromatic carbocycles. The van der Waals surface area contributed by atoms with E-state index >= 15 is 0 Å². The molecule has 2 amide bonds. The second kappa shape index (κ2) is 5.42. The van der Waals surface area contributed by atoms with E-state index in [0.29, 0.717) is 13.1 Å². The van der Waals surface area contributed by atoms with Crippen LogP contribution in [0.4, 0.5) is 13.2 Å². The lowest BCUT2D eigenvalue weighted by atomic mass is 9.68. The number of halogens is 3. The SMILES string of the molecule is CC(C)(C)[C@H](NC(=O)C(F)(F)F)C(=O)N1CCC2(CCC2)C1. The van der Waals surface area contributed by atoms with Gasteiger partial charge in [0.1, 0.15) is 6.04 Å². The van der Waals surface area contributed by atoms with Gasteiger partial charge in [-0.3, -0.25) is 9.59 Å². The summed E-state index contributed by atoms with van der Waals surface area (Å²) in [5.41, 5.74) is -0.612. The number of alkyl halides is 3. The Morgan fingerprint density at radius 2 is 1.73 bits per heavy atom. The third-order valence-electron chi connectivity index (χ3n) is 4.81. The summed E-state index contributed by atoms with van der Waals surface area (Å²) in [7, 11) is 0. The van der Waals surface area contributed by atoms with Crippen LogP contribution in [0.2, 0.25) is 0 Å². The minimum absolute atomic E-state index is 0.173. The van der Waals surface area contributed by atoms with E-state index in [-0.39, 0.29) is 5.41 Å². The molecule has 2 rings (SSSR count). The number of rotatable bonds is 2. The highest BCUT2D eigenvalue weighted by atomic mass is 19.4. The van der Waals surface area contributed by atoms with E-state index in [1.807, 2.05) is 5.32 Å². The Morgan fingerprint density at radius 1 is 1.14 bits per heavy atom. The van der Waals surface area contributed by atoms with Crippen LogP contribution in [0.5, 0.6) is 0 Å². The van der Waals surface area contributed by atoms with Gasteiger partial charge in [-0.1, -0.05) is 27.2 Å². The normalized spacial score (nSPS) is 22.4. The maximum absolute atomic E-state index is 12.6. The van der Waals surface area contributed by atoms with Gasteiger partial charge in [-0.05, 0) is 30.1 Å². The first-order chi connectivity index (χ1) is 9.95. The molecule has 126 valence electrons. The summed E-state index contributed by atoms with van der Waals surface area (Å²) in [5.74, 6) is -2.47. The van der Waals surface area contributed by atoms with E-state index in [1.54, 1.807) is 25.7 Å². The Balaban J connectivity index is 2.09. The van der Waals surface area contributed by atoms with Crippen molar-refractivity contribution in [1.82, 2.24) is 10.2 Å². The van der Waals surface area contributed by atoms with Crippen molar-refractivity contribution in [2.75, 3.05) is 13.1 Å². The van der Waals surface area contributed by atoms with Crippen LogP contribution in [0.3, 0.4) is 0 Å². The molecular weight excluding hydrogens is 297 g/mol. The number of likely N-dealkylation sites (tertiary alicyclic amines) is 1. The quantitative estimate of drug-likeness (QED) is 0.850. The van der Waals surface area contributed by atoms with Gasteiger partial charge >= 0.3 is 12.1 Å². The summed E-state index contributed by atoms with van der Waals surface area (Å²) in [4.78, 5) is 25.5. The highest BCUT2D eigenvalue weighted by Gasteiger charge is 2.48. The summed E-state index contributed by atoms with van der Waals surface area (Å²) < 4.78 is 37.5. The lowest BCUT2D eigenvalue weighted by molar-refractivity contribution is -0.176. The Kier molecular flexibility index (Phi) is 4.21. The molecule has 0 aromatic rings. The fourth-order valence-corrected chi connectivity index (χ4v) is 3.25. The van der Waals surface area contributed by atoms with Gasteiger partial charge in [-0.2, -0.15) is 13.2 Å². The first-order valence-corrected chi connectivity index (χ1v) is 7.61. The van der Waals surface area contributed by atoms with Gasteiger partial charge in [0.25, 0.3) is 0 Å². The van der Waals surface area contributed by atoms with Crippen LogP contribution in [0, 0.1) is 10.8 Å². The van der Waals surface area contributed by atoms with E-state index in [2.05, 4.69) is 0 Å². The molecule has 0 unspecified atom stereocenters. The number of amides is 2. The van der Waals surface area contributed by atoms with Crippen molar-refractivity contribution in [3.05, 3.63) is 0 Å². The Hall–Kier alpha value is -1.27. The standard InChI is InChI=1S/C15H23F3N2O2/c1-13(2,3)10(19-12(22)15(16,17)18)11(21)20-8-7-14(9-20)5-4-6-14/h10H,4-9H2,1-3H3,(H,19,22)/t10-/m1/s1. The molecule has 1 saturated heterocycles. The molecule has 0 bridgehead atoms. The monoisotopic (exact) mass is 320 g/mol. The lowest BCUT2D eigenvalue weighted by Crippen LogP contribution is -2.57. The van der Waals surface area contributed by atoms with Crippen LogP contribution >= 0.6 is 0 Å². The molecule has 0 aromatic heterocycles. The summed E-state index contributed by atoms with van der Waals surface area (Å²) >= 11 is 0. The molecule has 1 aliphatic carbocycles. The molecule has 4 nitrogen and oxygen atoms in total. The maximum Gasteiger partial charge on any atom is 0.471 e. The average molecular weight is 320 g/mol. The number of carbonyl (C=O) groups excluding carboxylic acids is 2. The Labute approximate surface area is 128 Å². The van der Waals surface area contributed by atoms with Gasteiger partial charge in [-0.25, -0.2) is 0 Å². The molecule has 2 fully saturated rings. The fourth-order valence-electron chi connectivity index (χ4n) is 3.25. The lowest BCUT2D eigenvalue weighted by Gasteiger charge is -2.39. The summed E-state index contributed by atoms with van der Waals surface area (Å²) in [6, 6.07) is -1.17. The Morgan fingerprint density at radius 3 is 2.09 bits per heavy atom. The molecule has 0 radical (unpaired) electrons.